The van der Waals surface area contributed by atoms with Gasteiger partial charge in [-0.3, -0.25) is 4.79 Å². The van der Waals surface area contributed by atoms with Gasteiger partial charge in [0.15, 0.2) is 0 Å². The molecule has 0 aromatic heterocycles. The number of anilines is 1. The number of nitrogens with zero attached hydrogens (tertiary/aromatic N) is 1. The topological polar surface area (TPSA) is 64.9 Å². The van der Waals surface area contributed by atoms with Gasteiger partial charge in [0.1, 0.15) is 6.07 Å². The fourth-order valence-electron chi connectivity index (χ4n) is 1.34. The van der Waals surface area contributed by atoms with Gasteiger partial charge in [0.05, 0.1) is 17.8 Å². The molecule has 0 saturated carbocycles. The minimum Gasteiger partial charge on any atom is -0.375 e. The third-order valence-electron chi connectivity index (χ3n) is 2.27. The standard InChI is InChI=1S/C13H16BrN3O/c1-9(2)7-17-13(18)8-16-12-5-3-4-11(14)10(12)6-15/h3-5,9,16H,7-8H2,1-2H3,(H,17,18). The lowest BCUT2D eigenvalue weighted by molar-refractivity contribution is -0.119. The Morgan fingerprint density at radius 1 is 1.50 bits per heavy atom. The van der Waals surface area contributed by atoms with Crippen molar-refractivity contribution < 1.29 is 4.79 Å². The van der Waals surface area contributed by atoms with E-state index in [4.69, 9.17) is 5.26 Å². The molecule has 0 aliphatic carbocycles. The summed E-state index contributed by atoms with van der Waals surface area (Å²) in [6.07, 6.45) is 0. The van der Waals surface area contributed by atoms with Crippen molar-refractivity contribution in [3.05, 3.63) is 28.2 Å². The molecule has 0 bridgehead atoms. The van der Waals surface area contributed by atoms with E-state index in [0.29, 0.717) is 23.7 Å². The summed E-state index contributed by atoms with van der Waals surface area (Å²) in [6, 6.07) is 7.49. The molecular weight excluding hydrogens is 294 g/mol. The zero-order valence-electron chi connectivity index (χ0n) is 10.5. The van der Waals surface area contributed by atoms with Crippen LogP contribution >= 0.6 is 15.9 Å². The summed E-state index contributed by atoms with van der Waals surface area (Å²) in [5, 5.41) is 14.8. The van der Waals surface area contributed by atoms with E-state index in [1.54, 1.807) is 12.1 Å². The van der Waals surface area contributed by atoms with Crippen molar-refractivity contribution in [3.63, 3.8) is 0 Å². The number of nitrogens with one attached hydrogen (secondary N) is 2. The number of benzene rings is 1. The molecule has 1 rings (SSSR count). The minimum atomic E-state index is -0.0763. The van der Waals surface area contributed by atoms with Crippen molar-refractivity contribution in [2.75, 3.05) is 18.4 Å². The summed E-state index contributed by atoms with van der Waals surface area (Å²) in [7, 11) is 0. The summed E-state index contributed by atoms with van der Waals surface area (Å²) in [5.74, 6) is 0.349. The first-order chi connectivity index (χ1) is 8.54. The Morgan fingerprint density at radius 2 is 2.22 bits per heavy atom. The molecule has 2 N–H and O–H groups in total. The molecule has 96 valence electrons. The average Bonchev–Trinajstić information content (AvgIpc) is 2.33. The molecule has 0 unspecified atom stereocenters. The third kappa shape index (κ3) is 4.38. The lowest BCUT2D eigenvalue weighted by atomic mass is 10.2. The molecule has 18 heavy (non-hydrogen) atoms. The van der Waals surface area contributed by atoms with Crippen LogP contribution in [0.2, 0.25) is 0 Å². The van der Waals surface area contributed by atoms with Crippen LogP contribution < -0.4 is 10.6 Å². The van der Waals surface area contributed by atoms with Gasteiger partial charge in [0.2, 0.25) is 5.91 Å². The van der Waals surface area contributed by atoms with E-state index >= 15 is 0 Å². The SMILES string of the molecule is CC(C)CNC(=O)CNc1cccc(Br)c1C#N. The Balaban J connectivity index is 2.57. The molecule has 0 heterocycles. The summed E-state index contributed by atoms with van der Waals surface area (Å²) in [4.78, 5) is 11.5. The van der Waals surface area contributed by atoms with Crippen LogP contribution in [0.25, 0.3) is 0 Å². The fourth-order valence-corrected chi connectivity index (χ4v) is 1.80. The van der Waals surface area contributed by atoms with Crippen molar-refractivity contribution in [2.24, 2.45) is 5.92 Å². The van der Waals surface area contributed by atoms with Gasteiger partial charge in [0, 0.05) is 11.0 Å². The minimum absolute atomic E-state index is 0.0763. The van der Waals surface area contributed by atoms with Crippen molar-refractivity contribution >= 4 is 27.5 Å². The molecular formula is C13H16BrN3O. The number of amides is 1. The summed E-state index contributed by atoms with van der Waals surface area (Å²) >= 11 is 3.30. The van der Waals surface area contributed by atoms with Crippen molar-refractivity contribution in [1.82, 2.24) is 5.32 Å². The van der Waals surface area contributed by atoms with E-state index in [2.05, 4.69) is 32.6 Å². The molecule has 1 amide bonds. The highest BCUT2D eigenvalue weighted by Crippen LogP contribution is 2.23. The normalized spacial score (nSPS) is 9.94. The van der Waals surface area contributed by atoms with E-state index in [0.717, 1.165) is 4.47 Å². The molecule has 4 nitrogen and oxygen atoms in total. The molecule has 0 aliphatic heterocycles. The Labute approximate surface area is 116 Å². The van der Waals surface area contributed by atoms with E-state index in [9.17, 15) is 4.79 Å². The molecule has 0 radical (unpaired) electrons. The number of halogens is 1. The van der Waals surface area contributed by atoms with Gasteiger partial charge >= 0.3 is 0 Å². The van der Waals surface area contributed by atoms with Gasteiger partial charge < -0.3 is 10.6 Å². The second-order valence-electron chi connectivity index (χ2n) is 4.33. The lowest BCUT2D eigenvalue weighted by Crippen LogP contribution is -2.32. The molecule has 0 fully saturated rings. The number of carbonyl (C=O) groups is 1. The smallest absolute Gasteiger partial charge is 0.239 e. The van der Waals surface area contributed by atoms with Gasteiger partial charge in [-0.2, -0.15) is 5.26 Å². The number of rotatable bonds is 5. The van der Waals surface area contributed by atoms with E-state index in [1.165, 1.54) is 0 Å². The van der Waals surface area contributed by atoms with Crippen LogP contribution in [-0.4, -0.2) is 19.0 Å². The predicted octanol–water partition coefficient (Wildman–Crippen LogP) is 2.50. The molecule has 1 aromatic rings. The molecule has 1 aromatic carbocycles. The zero-order chi connectivity index (χ0) is 13.5. The Bertz CT molecular complexity index is 466. The zero-order valence-corrected chi connectivity index (χ0v) is 12.0. The van der Waals surface area contributed by atoms with Crippen molar-refractivity contribution in [2.45, 2.75) is 13.8 Å². The van der Waals surface area contributed by atoms with Gasteiger partial charge in [0.25, 0.3) is 0 Å². The van der Waals surface area contributed by atoms with Crippen molar-refractivity contribution in [1.29, 1.82) is 5.26 Å². The van der Waals surface area contributed by atoms with Crippen LogP contribution in [0.4, 0.5) is 5.69 Å². The number of hydrogen-bond donors (Lipinski definition) is 2. The second-order valence-corrected chi connectivity index (χ2v) is 5.18. The van der Waals surface area contributed by atoms with Crippen LogP contribution in [0, 0.1) is 17.2 Å². The molecule has 0 saturated heterocycles. The number of hydrogen-bond acceptors (Lipinski definition) is 3. The van der Waals surface area contributed by atoms with Crippen molar-refractivity contribution in [3.8, 4) is 6.07 Å². The maximum Gasteiger partial charge on any atom is 0.239 e. The van der Waals surface area contributed by atoms with Crippen LogP contribution in [0.1, 0.15) is 19.4 Å². The van der Waals surface area contributed by atoms with Crippen LogP contribution in [0.3, 0.4) is 0 Å². The van der Waals surface area contributed by atoms with E-state index in [-0.39, 0.29) is 12.5 Å². The highest BCUT2D eigenvalue weighted by molar-refractivity contribution is 9.10. The molecule has 5 heteroatoms. The van der Waals surface area contributed by atoms with E-state index in [1.807, 2.05) is 19.9 Å². The van der Waals surface area contributed by atoms with Crippen LogP contribution in [0.15, 0.2) is 22.7 Å². The Morgan fingerprint density at radius 3 is 2.83 bits per heavy atom. The van der Waals surface area contributed by atoms with Gasteiger partial charge in [-0.15, -0.1) is 0 Å². The maximum atomic E-state index is 11.5. The lowest BCUT2D eigenvalue weighted by Gasteiger charge is -2.10. The fraction of sp³-hybridized carbons (Fsp3) is 0.385. The van der Waals surface area contributed by atoms with Crippen LogP contribution in [-0.2, 0) is 4.79 Å². The summed E-state index contributed by atoms with van der Waals surface area (Å²) in [5.41, 5.74) is 1.17. The van der Waals surface area contributed by atoms with Gasteiger partial charge in [-0.25, -0.2) is 0 Å². The first-order valence-electron chi connectivity index (χ1n) is 5.73. The molecule has 0 aliphatic rings. The highest BCUT2D eigenvalue weighted by atomic mass is 79.9. The number of nitriles is 1. The number of carbonyl (C=O) groups excluding carboxylic acids is 1. The van der Waals surface area contributed by atoms with Gasteiger partial charge in [-0.1, -0.05) is 19.9 Å². The third-order valence-corrected chi connectivity index (χ3v) is 2.93. The molecule has 0 atom stereocenters. The largest absolute Gasteiger partial charge is 0.375 e. The Hall–Kier alpha value is -1.54. The summed E-state index contributed by atoms with van der Waals surface area (Å²) < 4.78 is 0.720. The van der Waals surface area contributed by atoms with Gasteiger partial charge in [-0.05, 0) is 34.0 Å². The van der Waals surface area contributed by atoms with E-state index < -0.39 is 0 Å². The maximum absolute atomic E-state index is 11.5. The summed E-state index contributed by atoms with van der Waals surface area (Å²) in [6.45, 7) is 4.90. The first-order valence-corrected chi connectivity index (χ1v) is 6.53. The quantitative estimate of drug-likeness (QED) is 0.878. The molecule has 0 spiro atoms. The van der Waals surface area contributed by atoms with Crippen LogP contribution in [0.5, 0.6) is 0 Å². The second kappa shape index (κ2) is 7.02. The first kappa shape index (κ1) is 14.5. The monoisotopic (exact) mass is 309 g/mol. The highest BCUT2D eigenvalue weighted by Gasteiger charge is 2.07. The Kier molecular flexibility index (Phi) is 5.66. The average molecular weight is 310 g/mol. The predicted molar refractivity (Wildman–Crippen MR) is 75.2 cm³/mol.